The molecule has 0 saturated heterocycles. The molecule has 0 aromatic heterocycles. The van der Waals surface area contributed by atoms with Crippen LogP contribution in [0.1, 0.15) is 309 Å². The van der Waals surface area contributed by atoms with Crippen molar-refractivity contribution in [1.29, 1.82) is 0 Å². The molecule has 0 fully saturated rings. The number of aliphatic hydroxyl groups excluding tert-OH is 1. The summed E-state index contributed by atoms with van der Waals surface area (Å²) in [4.78, 5) is 24.5. The van der Waals surface area contributed by atoms with Crippen LogP contribution in [0.2, 0.25) is 0 Å². The molecule has 1 atom stereocenters. The summed E-state index contributed by atoms with van der Waals surface area (Å²) in [6.45, 7) is 4.15. The van der Waals surface area contributed by atoms with Gasteiger partial charge in [0, 0.05) is 12.8 Å². The molecule has 0 aliphatic heterocycles. The summed E-state index contributed by atoms with van der Waals surface area (Å²) in [5.74, 6) is -0.584. The molecule has 5 nitrogen and oxygen atoms in total. The number of hydrogen-bond acceptors (Lipinski definition) is 5. The molecule has 1 unspecified atom stereocenters. The Kier molecular flexibility index (Phi) is 56.8. The van der Waals surface area contributed by atoms with Gasteiger partial charge in [0.05, 0.1) is 6.61 Å². The molecule has 0 radical (unpaired) electrons. The quantitative estimate of drug-likeness (QED) is 0.0374. The van der Waals surface area contributed by atoms with Crippen molar-refractivity contribution >= 4 is 11.9 Å². The minimum absolute atomic E-state index is 0.0664. The Morgan fingerprint density at radius 1 is 0.338 bits per heavy atom. The van der Waals surface area contributed by atoms with E-state index in [2.05, 4.69) is 74.6 Å². The van der Waals surface area contributed by atoms with Crippen LogP contribution in [0.25, 0.3) is 0 Å². The van der Waals surface area contributed by atoms with Crippen molar-refractivity contribution in [3.63, 3.8) is 0 Å². The zero-order valence-electron chi connectivity index (χ0n) is 45.4. The van der Waals surface area contributed by atoms with Gasteiger partial charge in [-0.05, 0) is 83.5 Å². The topological polar surface area (TPSA) is 72.8 Å². The van der Waals surface area contributed by atoms with E-state index in [0.717, 1.165) is 57.8 Å². The van der Waals surface area contributed by atoms with Gasteiger partial charge in [-0.25, -0.2) is 0 Å². The molecule has 0 heterocycles. The van der Waals surface area contributed by atoms with Crippen molar-refractivity contribution in [3.8, 4) is 0 Å². The first-order valence-electron chi connectivity index (χ1n) is 29.8. The van der Waals surface area contributed by atoms with Gasteiger partial charge in [0.1, 0.15) is 6.61 Å². The van der Waals surface area contributed by atoms with Crippen molar-refractivity contribution in [2.45, 2.75) is 315 Å². The minimum Gasteiger partial charge on any atom is -0.462 e. The lowest BCUT2D eigenvalue weighted by Gasteiger charge is -2.15. The van der Waals surface area contributed by atoms with Gasteiger partial charge >= 0.3 is 11.9 Å². The molecule has 0 aromatic rings. The molecule has 396 valence electrons. The van der Waals surface area contributed by atoms with Gasteiger partial charge < -0.3 is 14.6 Å². The van der Waals surface area contributed by atoms with Crippen molar-refractivity contribution in [1.82, 2.24) is 0 Å². The molecule has 0 aromatic carbocycles. The maximum Gasteiger partial charge on any atom is 0.306 e. The number of unbranched alkanes of at least 4 members (excludes halogenated alkanes) is 37. The highest BCUT2D eigenvalue weighted by Gasteiger charge is 2.16. The van der Waals surface area contributed by atoms with Crippen LogP contribution >= 0.6 is 0 Å². The SMILES string of the molecule is CCCCCCC/C=C\C/C=C\C/C=C\CCCCCCCCCCCCCCCCCCCCC(=O)OC(CO)COC(=O)CCCCCCCCCCC/C=C\C/C=C\CCCCCCC. The molecule has 0 spiro atoms. The van der Waals surface area contributed by atoms with Crippen LogP contribution in [0.5, 0.6) is 0 Å². The average molecular weight is 952 g/mol. The number of allylic oxidation sites excluding steroid dienone is 10. The van der Waals surface area contributed by atoms with Crippen molar-refractivity contribution in [2.24, 2.45) is 0 Å². The van der Waals surface area contributed by atoms with Crippen LogP contribution < -0.4 is 0 Å². The second-order valence-electron chi connectivity index (χ2n) is 20.1. The minimum atomic E-state index is -0.775. The third kappa shape index (κ3) is 56.2. The van der Waals surface area contributed by atoms with Crippen molar-refractivity contribution in [3.05, 3.63) is 60.8 Å². The maximum absolute atomic E-state index is 12.3. The van der Waals surface area contributed by atoms with E-state index in [-0.39, 0.29) is 25.2 Å². The summed E-state index contributed by atoms with van der Waals surface area (Å²) in [5.41, 5.74) is 0. The van der Waals surface area contributed by atoms with E-state index in [0.29, 0.717) is 12.8 Å². The summed E-state index contributed by atoms with van der Waals surface area (Å²) < 4.78 is 10.7. The fourth-order valence-corrected chi connectivity index (χ4v) is 8.77. The lowest BCUT2D eigenvalue weighted by atomic mass is 10.0. The molecule has 0 aliphatic rings. The molecule has 1 N–H and O–H groups in total. The van der Waals surface area contributed by atoms with Gasteiger partial charge in [-0.1, -0.05) is 274 Å². The second kappa shape index (κ2) is 58.9. The van der Waals surface area contributed by atoms with Crippen LogP contribution in [0.4, 0.5) is 0 Å². The summed E-state index contributed by atoms with van der Waals surface area (Å²) in [6.07, 6.45) is 79.2. The van der Waals surface area contributed by atoms with E-state index in [1.54, 1.807) is 0 Å². The monoisotopic (exact) mass is 951 g/mol. The highest BCUT2D eigenvalue weighted by Crippen LogP contribution is 2.17. The molecular formula is C63H114O5. The Hall–Kier alpha value is -2.40. The first-order valence-corrected chi connectivity index (χ1v) is 29.8. The van der Waals surface area contributed by atoms with Gasteiger partial charge in [0.15, 0.2) is 6.10 Å². The Labute approximate surface area is 423 Å². The van der Waals surface area contributed by atoms with E-state index in [4.69, 9.17) is 9.47 Å². The fourth-order valence-electron chi connectivity index (χ4n) is 8.77. The molecule has 0 bridgehead atoms. The standard InChI is InChI=1S/C63H114O5/c1-3-5-7-9-11-13-15-17-19-21-23-25-26-27-28-29-30-31-32-33-34-35-36-38-40-42-44-46-48-50-52-54-56-58-63(66)68-61(59-64)60-67-62(65)57-55-53-51-49-47-45-43-41-39-37-24-22-20-18-16-14-12-10-8-6-4-2/h15-18,21-24,26-27,61,64H,3-14,19-20,25,28-60H2,1-2H3/b17-15-,18-16-,23-21-,24-22-,27-26-. The maximum atomic E-state index is 12.3. The number of rotatable bonds is 55. The number of ether oxygens (including phenoxy) is 2. The average Bonchev–Trinajstić information content (AvgIpc) is 3.34. The van der Waals surface area contributed by atoms with E-state index in [1.165, 1.54) is 225 Å². The molecule has 0 saturated carbocycles. The van der Waals surface area contributed by atoms with Gasteiger partial charge in [-0.15, -0.1) is 0 Å². The number of carbonyl (C=O) groups excluding carboxylic acids is 2. The summed E-state index contributed by atoms with van der Waals surface area (Å²) in [7, 11) is 0. The third-order valence-corrected chi connectivity index (χ3v) is 13.3. The Morgan fingerprint density at radius 3 is 0.882 bits per heavy atom. The van der Waals surface area contributed by atoms with Crippen LogP contribution in [0, 0.1) is 0 Å². The van der Waals surface area contributed by atoms with E-state index in [9.17, 15) is 14.7 Å². The Balaban J connectivity index is 3.45. The molecule has 0 amide bonds. The highest BCUT2D eigenvalue weighted by molar-refractivity contribution is 5.70. The summed E-state index contributed by atoms with van der Waals surface area (Å²) >= 11 is 0. The number of esters is 2. The van der Waals surface area contributed by atoms with E-state index in [1.807, 2.05) is 0 Å². The largest absolute Gasteiger partial charge is 0.462 e. The van der Waals surface area contributed by atoms with E-state index < -0.39 is 6.10 Å². The predicted octanol–water partition coefficient (Wildman–Crippen LogP) is 20.2. The van der Waals surface area contributed by atoms with Gasteiger partial charge in [0.25, 0.3) is 0 Å². The van der Waals surface area contributed by atoms with Gasteiger partial charge in [-0.2, -0.15) is 0 Å². The number of hydrogen-bond donors (Lipinski definition) is 1. The normalized spacial score (nSPS) is 12.6. The molecule has 0 aliphatic carbocycles. The molecule has 5 heteroatoms. The van der Waals surface area contributed by atoms with Gasteiger partial charge in [0.2, 0.25) is 0 Å². The first kappa shape index (κ1) is 65.6. The first-order chi connectivity index (χ1) is 33.6. The fraction of sp³-hybridized carbons (Fsp3) is 0.810. The van der Waals surface area contributed by atoms with E-state index >= 15 is 0 Å². The molecule has 68 heavy (non-hydrogen) atoms. The van der Waals surface area contributed by atoms with Crippen LogP contribution in [-0.2, 0) is 19.1 Å². The van der Waals surface area contributed by atoms with Crippen molar-refractivity contribution in [2.75, 3.05) is 13.2 Å². The Bertz CT molecular complexity index is 1170. The summed E-state index contributed by atoms with van der Waals surface area (Å²) in [5, 5.41) is 9.66. The third-order valence-electron chi connectivity index (χ3n) is 13.3. The van der Waals surface area contributed by atoms with Crippen LogP contribution in [0.15, 0.2) is 60.8 Å². The zero-order chi connectivity index (χ0) is 49.2. The molecule has 0 rings (SSSR count). The van der Waals surface area contributed by atoms with Crippen LogP contribution in [0.3, 0.4) is 0 Å². The number of carbonyl (C=O) groups is 2. The van der Waals surface area contributed by atoms with Crippen LogP contribution in [-0.4, -0.2) is 36.4 Å². The Morgan fingerprint density at radius 2 is 0.588 bits per heavy atom. The zero-order valence-corrected chi connectivity index (χ0v) is 45.4. The second-order valence-corrected chi connectivity index (χ2v) is 20.1. The van der Waals surface area contributed by atoms with Crippen molar-refractivity contribution < 1.29 is 24.2 Å². The highest BCUT2D eigenvalue weighted by atomic mass is 16.6. The summed E-state index contributed by atoms with van der Waals surface area (Å²) in [6, 6.07) is 0. The lowest BCUT2D eigenvalue weighted by Crippen LogP contribution is -2.28. The van der Waals surface area contributed by atoms with Gasteiger partial charge in [-0.3, -0.25) is 9.59 Å². The predicted molar refractivity (Wildman–Crippen MR) is 297 cm³/mol. The smallest absolute Gasteiger partial charge is 0.306 e. The number of aliphatic hydroxyl groups is 1. The lowest BCUT2D eigenvalue weighted by molar-refractivity contribution is -0.161. The molecular weight excluding hydrogens is 837 g/mol.